The van der Waals surface area contributed by atoms with Crippen LogP contribution in [0.25, 0.3) is 16.6 Å². The van der Waals surface area contributed by atoms with Crippen molar-refractivity contribution in [3.05, 3.63) is 63.9 Å². The number of aryl methyl sites for hydroxylation is 1. The molecule has 2 heterocycles. The average Bonchev–Trinajstić information content (AvgIpc) is 2.79. The Bertz CT molecular complexity index is 821. The molecule has 100 valence electrons. The Kier molecular flexibility index (Phi) is 3.28. The van der Waals surface area contributed by atoms with E-state index in [1.54, 1.807) is 12.1 Å². The summed E-state index contributed by atoms with van der Waals surface area (Å²) in [5, 5.41) is 0.982. The third kappa shape index (κ3) is 2.11. The minimum absolute atomic E-state index is 0.479. The predicted octanol–water partition coefficient (Wildman–Crippen LogP) is 5.03. The average molecular weight is 304 g/mol. The molecule has 0 spiro atoms. The van der Waals surface area contributed by atoms with Crippen LogP contribution in [0.1, 0.15) is 16.1 Å². The first-order valence-electron chi connectivity index (χ1n) is 6.12. The van der Waals surface area contributed by atoms with Crippen molar-refractivity contribution < 1.29 is 4.79 Å². The number of hydrogen-bond donors (Lipinski definition) is 0. The Hall–Kier alpha value is -1.77. The van der Waals surface area contributed by atoms with Crippen molar-refractivity contribution in [3.8, 4) is 11.1 Å². The van der Waals surface area contributed by atoms with Gasteiger partial charge in [0.1, 0.15) is 0 Å². The van der Waals surface area contributed by atoms with Crippen LogP contribution < -0.4 is 0 Å². The van der Waals surface area contributed by atoms with Crippen LogP contribution in [0, 0.1) is 6.92 Å². The Morgan fingerprint density at radius 3 is 2.55 bits per heavy atom. The highest BCUT2D eigenvalue weighted by Gasteiger charge is 2.12. The first kappa shape index (κ1) is 13.2. The van der Waals surface area contributed by atoms with Crippen molar-refractivity contribution in [2.45, 2.75) is 6.92 Å². The number of fused-ring (bicyclic) bond motifs is 1. The van der Waals surface area contributed by atoms with E-state index in [2.05, 4.69) is 0 Å². The van der Waals surface area contributed by atoms with Crippen molar-refractivity contribution in [2.75, 3.05) is 0 Å². The molecule has 0 radical (unpaired) electrons. The van der Waals surface area contributed by atoms with Gasteiger partial charge in [-0.2, -0.15) is 0 Å². The Morgan fingerprint density at radius 2 is 1.85 bits per heavy atom. The first-order chi connectivity index (χ1) is 9.60. The van der Waals surface area contributed by atoms with Gasteiger partial charge in [0.25, 0.3) is 0 Å². The summed E-state index contributed by atoms with van der Waals surface area (Å²) in [6.45, 7) is 1.99. The van der Waals surface area contributed by atoms with Gasteiger partial charge in [0.2, 0.25) is 0 Å². The number of carbonyl (C=O) groups excluding carboxylic acids is 1. The van der Waals surface area contributed by atoms with Crippen LogP contribution in [-0.4, -0.2) is 10.7 Å². The third-order valence-electron chi connectivity index (χ3n) is 3.30. The molecule has 0 saturated heterocycles. The molecule has 0 atom stereocenters. The van der Waals surface area contributed by atoms with Crippen LogP contribution in [-0.2, 0) is 0 Å². The van der Waals surface area contributed by atoms with Gasteiger partial charge in [-0.1, -0.05) is 35.3 Å². The number of carbonyl (C=O) groups is 1. The molecule has 2 aromatic heterocycles. The third-order valence-corrected chi connectivity index (χ3v) is 4.04. The lowest BCUT2D eigenvalue weighted by molar-refractivity contribution is 0.111. The monoisotopic (exact) mass is 303 g/mol. The second kappa shape index (κ2) is 4.97. The fraction of sp³-hybridized carbons (Fsp3) is 0.0625. The SMILES string of the molecule is Cc1ccc2cc(-c3ccc(Cl)c(Cl)c3)c(C=O)n2c1. The Balaban J connectivity index is 2.30. The number of aromatic nitrogens is 1. The zero-order valence-corrected chi connectivity index (χ0v) is 12.2. The van der Waals surface area contributed by atoms with Gasteiger partial charge in [-0.25, -0.2) is 0 Å². The maximum Gasteiger partial charge on any atom is 0.167 e. The molecular weight excluding hydrogens is 293 g/mol. The molecule has 0 saturated carbocycles. The Labute approximate surface area is 126 Å². The van der Waals surface area contributed by atoms with E-state index >= 15 is 0 Å². The lowest BCUT2D eigenvalue weighted by Gasteiger charge is -2.03. The summed E-state index contributed by atoms with van der Waals surface area (Å²) in [5.74, 6) is 0. The molecule has 1 aromatic carbocycles. The number of hydrogen-bond acceptors (Lipinski definition) is 1. The molecular formula is C16H11Cl2NO. The normalized spacial score (nSPS) is 10.9. The highest BCUT2D eigenvalue weighted by molar-refractivity contribution is 6.42. The molecule has 0 aliphatic rings. The van der Waals surface area contributed by atoms with Crippen LogP contribution in [0.15, 0.2) is 42.6 Å². The number of nitrogens with zero attached hydrogens (tertiary/aromatic N) is 1. The Morgan fingerprint density at radius 1 is 1.05 bits per heavy atom. The summed E-state index contributed by atoms with van der Waals surface area (Å²) in [6, 6.07) is 11.4. The van der Waals surface area contributed by atoms with Gasteiger partial charge >= 0.3 is 0 Å². The van der Waals surface area contributed by atoms with Gasteiger partial charge in [0, 0.05) is 17.3 Å². The van der Waals surface area contributed by atoms with E-state index in [9.17, 15) is 4.79 Å². The molecule has 0 aliphatic heterocycles. The topological polar surface area (TPSA) is 21.5 Å². The zero-order chi connectivity index (χ0) is 14.3. The predicted molar refractivity (Wildman–Crippen MR) is 83.0 cm³/mol. The van der Waals surface area contributed by atoms with Crippen molar-refractivity contribution >= 4 is 35.0 Å². The van der Waals surface area contributed by atoms with E-state index in [1.165, 1.54) is 0 Å². The standard InChI is InChI=1S/C16H11Cl2NO/c1-10-2-4-12-7-13(16(9-20)19(12)8-10)11-3-5-14(17)15(18)6-11/h2-9H,1H3. The molecule has 3 rings (SSSR count). The number of aldehydes is 1. The van der Waals surface area contributed by atoms with Crippen LogP contribution in [0.2, 0.25) is 10.0 Å². The van der Waals surface area contributed by atoms with Gasteiger partial charge in [0.05, 0.1) is 15.7 Å². The summed E-state index contributed by atoms with van der Waals surface area (Å²) in [7, 11) is 0. The quantitative estimate of drug-likeness (QED) is 0.608. The number of halogens is 2. The van der Waals surface area contributed by atoms with E-state index < -0.39 is 0 Å². The van der Waals surface area contributed by atoms with E-state index in [0.717, 1.165) is 28.5 Å². The highest BCUT2D eigenvalue weighted by Crippen LogP contribution is 2.32. The minimum Gasteiger partial charge on any atom is -0.313 e. The van der Waals surface area contributed by atoms with Gasteiger partial charge in [0.15, 0.2) is 6.29 Å². The van der Waals surface area contributed by atoms with Gasteiger partial charge in [-0.05, 0) is 42.3 Å². The lowest BCUT2D eigenvalue weighted by Crippen LogP contribution is -1.93. The second-order valence-electron chi connectivity index (χ2n) is 4.69. The summed E-state index contributed by atoms with van der Waals surface area (Å²) < 4.78 is 1.89. The molecule has 0 unspecified atom stereocenters. The van der Waals surface area contributed by atoms with E-state index in [-0.39, 0.29) is 0 Å². The van der Waals surface area contributed by atoms with Crippen molar-refractivity contribution in [3.63, 3.8) is 0 Å². The maximum absolute atomic E-state index is 11.5. The first-order valence-corrected chi connectivity index (χ1v) is 6.88. The zero-order valence-electron chi connectivity index (χ0n) is 10.7. The largest absolute Gasteiger partial charge is 0.313 e. The van der Waals surface area contributed by atoms with Crippen molar-refractivity contribution in [2.24, 2.45) is 0 Å². The minimum atomic E-state index is 0.479. The fourth-order valence-electron chi connectivity index (χ4n) is 2.31. The van der Waals surface area contributed by atoms with E-state index in [1.807, 2.05) is 41.8 Å². The number of rotatable bonds is 2. The molecule has 0 aliphatic carbocycles. The van der Waals surface area contributed by atoms with Gasteiger partial charge < -0.3 is 4.40 Å². The van der Waals surface area contributed by atoms with Crippen LogP contribution >= 0.6 is 23.2 Å². The van der Waals surface area contributed by atoms with Gasteiger partial charge in [-0.3, -0.25) is 4.79 Å². The van der Waals surface area contributed by atoms with Crippen LogP contribution in [0.4, 0.5) is 0 Å². The smallest absolute Gasteiger partial charge is 0.167 e. The number of pyridine rings is 1. The molecule has 0 fully saturated rings. The molecule has 4 heteroatoms. The summed E-state index contributed by atoms with van der Waals surface area (Å²) in [4.78, 5) is 11.5. The fourth-order valence-corrected chi connectivity index (χ4v) is 2.61. The van der Waals surface area contributed by atoms with Crippen molar-refractivity contribution in [1.29, 1.82) is 0 Å². The summed E-state index contributed by atoms with van der Waals surface area (Å²) in [6.07, 6.45) is 2.81. The number of benzene rings is 1. The molecule has 0 bridgehead atoms. The summed E-state index contributed by atoms with van der Waals surface area (Å²) >= 11 is 12.0. The van der Waals surface area contributed by atoms with Gasteiger partial charge in [-0.15, -0.1) is 0 Å². The van der Waals surface area contributed by atoms with E-state index in [0.29, 0.717) is 15.7 Å². The van der Waals surface area contributed by atoms with Crippen molar-refractivity contribution in [1.82, 2.24) is 4.40 Å². The highest BCUT2D eigenvalue weighted by atomic mass is 35.5. The lowest BCUT2D eigenvalue weighted by atomic mass is 10.1. The second-order valence-corrected chi connectivity index (χ2v) is 5.51. The molecule has 0 N–H and O–H groups in total. The van der Waals surface area contributed by atoms with Crippen LogP contribution in [0.3, 0.4) is 0 Å². The summed E-state index contributed by atoms with van der Waals surface area (Å²) in [5.41, 5.74) is 4.41. The molecule has 3 aromatic rings. The molecule has 0 amide bonds. The van der Waals surface area contributed by atoms with Crippen LogP contribution in [0.5, 0.6) is 0 Å². The molecule has 2 nitrogen and oxygen atoms in total. The maximum atomic E-state index is 11.5. The molecule has 20 heavy (non-hydrogen) atoms. The van der Waals surface area contributed by atoms with E-state index in [4.69, 9.17) is 23.2 Å².